The number of ether oxygens (including phenoxy) is 3. The van der Waals surface area contributed by atoms with Crippen LogP contribution < -0.4 is 19.5 Å². The molecule has 1 N–H and O–H groups in total. The molecule has 0 saturated heterocycles. The van der Waals surface area contributed by atoms with E-state index in [-0.39, 0.29) is 11.4 Å². The van der Waals surface area contributed by atoms with Crippen LogP contribution in [0.3, 0.4) is 0 Å². The number of nitrogens with zero attached hydrogens (tertiary/aromatic N) is 1. The summed E-state index contributed by atoms with van der Waals surface area (Å²) in [4.78, 5) is 12.5. The van der Waals surface area contributed by atoms with Crippen LogP contribution in [-0.4, -0.2) is 53.6 Å². The van der Waals surface area contributed by atoms with Crippen LogP contribution in [0.5, 0.6) is 17.2 Å². The topological polar surface area (TPSA) is 94.2 Å². The maximum Gasteiger partial charge on any atom is 0.243 e. The van der Waals surface area contributed by atoms with Crippen molar-refractivity contribution in [2.45, 2.75) is 11.8 Å². The predicted molar refractivity (Wildman–Crippen MR) is 106 cm³/mol. The van der Waals surface area contributed by atoms with Crippen molar-refractivity contribution in [2.24, 2.45) is 0 Å². The number of nitrogens with one attached hydrogen (secondary N) is 1. The first kappa shape index (κ1) is 21.5. The molecule has 0 saturated carbocycles. The number of amides is 1. The summed E-state index contributed by atoms with van der Waals surface area (Å²) in [6, 6.07) is 9.47. The van der Waals surface area contributed by atoms with E-state index in [0.29, 0.717) is 28.5 Å². The molecule has 1 amide bonds. The summed E-state index contributed by atoms with van der Waals surface area (Å²) in [6.07, 6.45) is 0. The maximum atomic E-state index is 12.8. The molecule has 2 aromatic carbocycles. The van der Waals surface area contributed by atoms with Crippen molar-refractivity contribution >= 4 is 21.6 Å². The van der Waals surface area contributed by atoms with E-state index in [2.05, 4.69) is 5.32 Å². The van der Waals surface area contributed by atoms with E-state index in [0.717, 1.165) is 4.31 Å². The van der Waals surface area contributed by atoms with Gasteiger partial charge in [0.15, 0.2) is 0 Å². The summed E-state index contributed by atoms with van der Waals surface area (Å²) in [7, 11) is 1.99. The Morgan fingerprint density at radius 2 is 1.64 bits per heavy atom. The van der Waals surface area contributed by atoms with Gasteiger partial charge < -0.3 is 19.5 Å². The second-order valence-electron chi connectivity index (χ2n) is 6.01. The van der Waals surface area contributed by atoms with Crippen molar-refractivity contribution in [3.8, 4) is 17.2 Å². The number of hydrogen-bond donors (Lipinski definition) is 1. The molecule has 8 nitrogen and oxygen atoms in total. The number of benzene rings is 2. The molecule has 0 radical (unpaired) electrons. The molecule has 2 aromatic rings. The lowest BCUT2D eigenvalue weighted by atomic mass is 10.2. The summed E-state index contributed by atoms with van der Waals surface area (Å²) in [6.45, 7) is 1.38. The van der Waals surface area contributed by atoms with Crippen LogP contribution in [-0.2, 0) is 14.8 Å². The second-order valence-corrected chi connectivity index (χ2v) is 8.05. The lowest BCUT2D eigenvalue weighted by Crippen LogP contribution is -2.35. The zero-order valence-electron chi connectivity index (χ0n) is 16.5. The van der Waals surface area contributed by atoms with Crippen molar-refractivity contribution in [1.82, 2.24) is 4.31 Å². The number of carbonyl (C=O) groups is 1. The number of rotatable bonds is 8. The minimum absolute atomic E-state index is 0.0834. The van der Waals surface area contributed by atoms with Gasteiger partial charge in [0.05, 0.1) is 38.5 Å². The van der Waals surface area contributed by atoms with Gasteiger partial charge in [-0.1, -0.05) is 0 Å². The number of hydrogen-bond acceptors (Lipinski definition) is 6. The molecule has 0 heterocycles. The van der Waals surface area contributed by atoms with Gasteiger partial charge in [0, 0.05) is 13.1 Å². The van der Waals surface area contributed by atoms with Gasteiger partial charge in [-0.25, -0.2) is 8.42 Å². The molecule has 0 aromatic heterocycles. The normalized spacial score (nSPS) is 11.2. The Kier molecular flexibility index (Phi) is 6.87. The third-order valence-electron chi connectivity index (χ3n) is 4.12. The van der Waals surface area contributed by atoms with Crippen LogP contribution in [0.25, 0.3) is 0 Å². The van der Waals surface area contributed by atoms with E-state index in [1.54, 1.807) is 31.2 Å². The molecular formula is C19H24N2O6S. The molecule has 2 rings (SSSR count). The Labute approximate surface area is 165 Å². The smallest absolute Gasteiger partial charge is 0.243 e. The summed E-state index contributed by atoms with van der Waals surface area (Å²) >= 11 is 0. The molecule has 0 atom stereocenters. The monoisotopic (exact) mass is 408 g/mol. The fraction of sp³-hybridized carbons (Fsp3) is 0.316. The lowest BCUT2D eigenvalue weighted by Gasteiger charge is -2.18. The van der Waals surface area contributed by atoms with Crippen molar-refractivity contribution in [2.75, 3.05) is 40.2 Å². The highest BCUT2D eigenvalue weighted by Gasteiger charge is 2.24. The Hall–Kier alpha value is -2.78. The number of sulfonamides is 1. The number of aryl methyl sites for hydroxylation is 1. The van der Waals surface area contributed by atoms with Gasteiger partial charge in [-0.2, -0.15) is 4.31 Å². The first-order chi connectivity index (χ1) is 13.2. The van der Waals surface area contributed by atoms with Gasteiger partial charge in [0.1, 0.15) is 17.2 Å². The predicted octanol–water partition coefficient (Wildman–Crippen LogP) is 2.28. The van der Waals surface area contributed by atoms with E-state index < -0.39 is 15.9 Å². The van der Waals surface area contributed by atoms with Crippen LogP contribution in [0.1, 0.15) is 5.56 Å². The van der Waals surface area contributed by atoms with Crippen molar-refractivity contribution in [1.29, 1.82) is 0 Å². The van der Waals surface area contributed by atoms with E-state index in [1.165, 1.54) is 40.5 Å². The standard InChI is InChI=1S/C19H24N2O6S/c1-13-10-15(7-9-17(13)26-4)28(23,24)21(2)12-19(22)20-16-11-14(25-3)6-8-18(16)27-5/h6-11H,12H2,1-5H3,(H,20,22). The number of likely N-dealkylation sites (N-methyl/N-ethyl adjacent to an activating group) is 1. The van der Waals surface area contributed by atoms with E-state index >= 15 is 0 Å². The third-order valence-corrected chi connectivity index (χ3v) is 5.92. The molecular weight excluding hydrogens is 384 g/mol. The molecule has 9 heteroatoms. The van der Waals surface area contributed by atoms with Crippen molar-refractivity contribution in [3.05, 3.63) is 42.0 Å². The number of methoxy groups -OCH3 is 3. The molecule has 0 aliphatic rings. The van der Waals surface area contributed by atoms with Gasteiger partial charge in [-0.05, 0) is 42.8 Å². The van der Waals surface area contributed by atoms with Crippen LogP contribution in [0.15, 0.2) is 41.3 Å². The highest BCUT2D eigenvalue weighted by molar-refractivity contribution is 7.89. The van der Waals surface area contributed by atoms with Crippen LogP contribution in [0.4, 0.5) is 5.69 Å². The van der Waals surface area contributed by atoms with Crippen LogP contribution >= 0.6 is 0 Å². The van der Waals surface area contributed by atoms with Gasteiger partial charge in [0.2, 0.25) is 15.9 Å². The summed E-state index contributed by atoms with van der Waals surface area (Å²) in [5.41, 5.74) is 1.07. The minimum atomic E-state index is -3.84. The summed E-state index contributed by atoms with van der Waals surface area (Å²) in [5.74, 6) is 1.04. The fourth-order valence-corrected chi connectivity index (χ4v) is 3.79. The Morgan fingerprint density at radius 3 is 2.21 bits per heavy atom. The number of carbonyl (C=O) groups excluding carboxylic acids is 1. The molecule has 0 spiro atoms. The van der Waals surface area contributed by atoms with Gasteiger partial charge >= 0.3 is 0 Å². The lowest BCUT2D eigenvalue weighted by molar-refractivity contribution is -0.116. The number of anilines is 1. The first-order valence-corrected chi connectivity index (χ1v) is 9.79. The highest BCUT2D eigenvalue weighted by Crippen LogP contribution is 2.29. The quantitative estimate of drug-likeness (QED) is 0.720. The van der Waals surface area contributed by atoms with Gasteiger partial charge in [-0.15, -0.1) is 0 Å². The Morgan fingerprint density at radius 1 is 1.00 bits per heavy atom. The SMILES string of the molecule is COc1ccc(OC)c(NC(=O)CN(C)S(=O)(=O)c2ccc(OC)c(C)c2)c1. The van der Waals surface area contributed by atoms with Crippen molar-refractivity contribution < 1.29 is 27.4 Å². The molecule has 0 aliphatic heterocycles. The molecule has 0 aliphatic carbocycles. The highest BCUT2D eigenvalue weighted by atomic mass is 32.2. The summed E-state index contributed by atoms with van der Waals surface area (Å²) < 4.78 is 42.0. The largest absolute Gasteiger partial charge is 0.497 e. The van der Waals surface area contributed by atoms with Gasteiger partial charge in [0.25, 0.3) is 0 Å². The van der Waals surface area contributed by atoms with Gasteiger partial charge in [-0.3, -0.25) is 4.79 Å². The zero-order chi connectivity index (χ0) is 20.9. The van der Waals surface area contributed by atoms with Crippen molar-refractivity contribution in [3.63, 3.8) is 0 Å². The summed E-state index contributed by atoms with van der Waals surface area (Å²) in [5, 5.41) is 2.65. The van der Waals surface area contributed by atoms with E-state index in [9.17, 15) is 13.2 Å². The van der Waals surface area contributed by atoms with Crippen LogP contribution in [0.2, 0.25) is 0 Å². The average Bonchev–Trinajstić information content (AvgIpc) is 2.67. The first-order valence-electron chi connectivity index (χ1n) is 8.35. The molecule has 0 bridgehead atoms. The molecule has 0 unspecified atom stereocenters. The van der Waals surface area contributed by atoms with Crippen LogP contribution in [0, 0.1) is 6.92 Å². The van der Waals surface area contributed by atoms with E-state index in [4.69, 9.17) is 14.2 Å². The Bertz CT molecular complexity index is 959. The minimum Gasteiger partial charge on any atom is -0.497 e. The second kappa shape index (κ2) is 8.94. The van der Waals surface area contributed by atoms with E-state index in [1.807, 2.05) is 0 Å². The third kappa shape index (κ3) is 4.73. The Balaban J connectivity index is 2.16. The molecule has 0 fully saturated rings. The molecule has 152 valence electrons. The maximum absolute atomic E-state index is 12.8. The zero-order valence-corrected chi connectivity index (χ0v) is 17.3. The molecule has 28 heavy (non-hydrogen) atoms. The average molecular weight is 408 g/mol. The fourth-order valence-electron chi connectivity index (χ4n) is 2.58.